The van der Waals surface area contributed by atoms with Gasteiger partial charge in [-0.2, -0.15) is 5.10 Å². The summed E-state index contributed by atoms with van der Waals surface area (Å²) in [4.78, 5) is 21.1. The summed E-state index contributed by atoms with van der Waals surface area (Å²) in [5.74, 6) is 0. The second-order valence-electron chi connectivity index (χ2n) is 9.34. The van der Waals surface area contributed by atoms with Crippen LogP contribution in [0.3, 0.4) is 0 Å². The molecule has 29 heavy (non-hydrogen) atoms. The Hall–Kier alpha value is -1.73. The van der Waals surface area contributed by atoms with Crippen molar-refractivity contribution in [1.29, 1.82) is 0 Å². The number of nitrogens with zero attached hydrogens (tertiary/aromatic N) is 4. The van der Waals surface area contributed by atoms with Gasteiger partial charge in [0.25, 0.3) is 5.56 Å². The van der Waals surface area contributed by atoms with Gasteiger partial charge >= 0.3 is 0 Å². The molecule has 6 nitrogen and oxygen atoms in total. The standard InChI is InChI=1S/C22H33N5OS/c1-22(2,3)19-10-11-20(28)27(25-19)14-13-26-12-5-4-7-16(26)15-23-21-24-17-8-6-9-18(17)29-21/h10-11,16H,4-9,12-15H2,1-3H3,(H,23,24). The number of thiazole rings is 1. The summed E-state index contributed by atoms with van der Waals surface area (Å²) in [6.07, 6.45) is 7.29. The molecule has 1 saturated heterocycles. The highest BCUT2D eigenvalue weighted by molar-refractivity contribution is 7.15. The number of nitrogens with one attached hydrogen (secondary N) is 1. The molecule has 0 aromatic carbocycles. The highest BCUT2D eigenvalue weighted by Gasteiger charge is 2.24. The average molecular weight is 416 g/mol. The molecule has 7 heteroatoms. The maximum Gasteiger partial charge on any atom is 0.266 e. The van der Waals surface area contributed by atoms with Gasteiger partial charge in [-0.15, -0.1) is 11.3 Å². The van der Waals surface area contributed by atoms with E-state index in [0.717, 1.165) is 36.9 Å². The number of likely N-dealkylation sites (tertiary alicyclic amines) is 1. The topological polar surface area (TPSA) is 63.1 Å². The van der Waals surface area contributed by atoms with E-state index in [1.165, 1.54) is 42.7 Å². The highest BCUT2D eigenvalue weighted by Crippen LogP contribution is 2.30. The minimum atomic E-state index is -0.0545. The number of rotatable bonds is 6. The van der Waals surface area contributed by atoms with Gasteiger partial charge in [-0.3, -0.25) is 9.69 Å². The molecule has 158 valence electrons. The molecule has 4 rings (SSSR count). The lowest BCUT2D eigenvalue weighted by Gasteiger charge is -2.35. The van der Waals surface area contributed by atoms with Crippen molar-refractivity contribution >= 4 is 16.5 Å². The van der Waals surface area contributed by atoms with Crippen LogP contribution in [0.25, 0.3) is 0 Å². The molecule has 1 atom stereocenters. The molecule has 0 spiro atoms. The Bertz CT molecular complexity index is 876. The first-order valence-corrected chi connectivity index (χ1v) is 11.8. The van der Waals surface area contributed by atoms with Crippen LogP contribution < -0.4 is 10.9 Å². The monoisotopic (exact) mass is 415 g/mol. The van der Waals surface area contributed by atoms with E-state index in [4.69, 9.17) is 4.98 Å². The van der Waals surface area contributed by atoms with Crippen LogP contribution in [0.4, 0.5) is 5.13 Å². The number of hydrogen-bond acceptors (Lipinski definition) is 6. The second kappa shape index (κ2) is 8.56. The second-order valence-corrected chi connectivity index (χ2v) is 10.4. The van der Waals surface area contributed by atoms with E-state index >= 15 is 0 Å². The van der Waals surface area contributed by atoms with Gasteiger partial charge < -0.3 is 5.32 Å². The molecule has 3 heterocycles. The summed E-state index contributed by atoms with van der Waals surface area (Å²) in [6.45, 7) is 9.91. The Balaban J connectivity index is 1.37. The van der Waals surface area contributed by atoms with Gasteiger partial charge in [-0.05, 0) is 44.7 Å². The van der Waals surface area contributed by atoms with Gasteiger partial charge in [0.05, 0.1) is 17.9 Å². The SMILES string of the molecule is CC(C)(C)c1ccc(=O)n(CCN2CCCCC2CNc2nc3c(s2)CCC3)n1. The summed E-state index contributed by atoms with van der Waals surface area (Å²) in [5.41, 5.74) is 2.20. The first-order chi connectivity index (χ1) is 13.9. The number of anilines is 1. The minimum absolute atomic E-state index is 0.0121. The van der Waals surface area contributed by atoms with Crippen LogP contribution in [0.5, 0.6) is 0 Å². The molecule has 1 aliphatic carbocycles. The van der Waals surface area contributed by atoms with Crippen molar-refractivity contribution in [3.63, 3.8) is 0 Å². The quantitative estimate of drug-likeness (QED) is 0.783. The van der Waals surface area contributed by atoms with Crippen molar-refractivity contribution < 1.29 is 0 Å². The Morgan fingerprint density at radius 3 is 2.83 bits per heavy atom. The third kappa shape index (κ3) is 4.89. The Kier molecular flexibility index (Phi) is 6.06. The van der Waals surface area contributed by atoms with Crippen LogP contribution >= 0.6 is 11.3 Å². The predicted molar refractivity (Wildman–Crippen MR) is 119 cm³/mol. The zero-order valence-corrected chi connectivity index (χ0v) is 18.7. The van der Waals surface area contributed by atoms with Crippen molar-refractivity contribution in [3.05, 3.63) is 38.8 Å². The summed E-state index contributed by atoms with van der Waals surface area (Å²) in [5, 5.41) is 9.30. The minimum Gasteiger partial charge on any atom is -0.360 e. The highest BCUT2D eigenvalue weighted by atomic mass is 32.1. The molecule has 0 saturated carbocycles. The van der Waals surface area contributed by atoms with E-state index in [-0.39, 0.29) is 11.0 Å². The Labute approximate surface area is 177 Å². The lowest BCUT2D eigenvalue weighted by Crippen LogP contribution is -2.45. The van der Waals surface area contributed by atoms with Crippen LogP contribution in [0.1, 0.15) is 62.7 Å². The summed E-state index contributed by atoms with van der Waals surface area (Å²) in [6, 6.07) is 4.01. The molecule has 1 unspecified atom stereocenters. The zero-order valence-electron chi connectivity index (χ0n) is 17.9. The number of piperidine rings is 1. The summed E-state index contributed by atoms with van der Waals surface area (Å²) in [7, 11) is 0. The van der Waals surface area contributed by atoms with E-state index in [2.05, 4.69) is 36.1 Å². The fourth-order valence-electron chi connectivity index (χ4n) is 4.29. The summed E-state index contributed by atoms with van der Waals surface area (Å²) >= 11 is 1.83. The molecule has 1 aliphatic heterocycles. The third-order valence-electron chi connectivity index (χ3n) is 6.07. The smallest absolute Gasteiger partial charge is 0.266 e. The van der Waals surface area contributed by atoms with Crippen LogP contribution in [-0.4, -0.2) is 45.3 Å². The van der Waals surface area contributed by atoms with Crippen molar-refractivity contribution in [2.45, 2.75) is 77.3 Å². The van der Waals surface area contributed by atoms with Crippen molar-refractivity contribution in [2.75, 3.05) is 25.0 Å². The molecule has 1 N–H and O–H groups in total. The Morgan fingerprint density at radius 1 is 1.17 bits per heavy atom. The number of fused-ring (bicyclic) bond motifs is 1. The van der Waals surface area contributed by atoms with Crippen LogP contribution in [0.2, 0.25) is 0 Å². The first-order valence-electron chi connectivity index (χ1n) is 11.0. The van der Waals surface area contributed by atoms with Gasteiger partial charge in [0.2, 0.25) is 0 Å². The van der Waals surface area contributed by atoms with Gasteiger partial charge in [0, 0.05) is 35.5 Å². The Morgan fingerprint density at radius 2 is 2.03 bits per heavy atom. The van der Waals surface area contributed by atoms with Crippen molar-refractivity contribution in [3.8, 4) is 0 Å². The molecular weight excluding hydrogens is 382 g/mol. The number of hydrogen-bond donors (Lipinski definition) is 1. The third-order valence-corrected chi connectivity index (χ3v) is 7.18. The van der Waals surface area contributed by atoms with Gasteiger partial charge in [-0.25, -0.2) is 9.67 Å². The van der Waals surface area contributed by atoms with E-state index < -0.39 is 0 Å². The molecule has 0 bridgehead atoms. The van der Waals surface area contributed by atoms with Crippen molar-refractivity contribution in [2.24, 2.45) is 0 Å². The van der Waals surface area contributed by atoms with E-state index in [9.17, 15) is 4.79 Å². The lowest BCUT2D eigenvalue weighted by molar-refractivity contribution is 0.147. The molecule has 2 aliphatic rings. The normalized spacial score (nSPS) is 20.0. The maximum atomic E-state index is 12.3. The lowest BCUT2D eigenvalue weighted by atomic mass is 9.92. The largest absolute Gasteiger partial charge is 0.360 e. The van der Waals surface area contributed by atoms with Crippen molar-refractivity contribution in [1.82, 2.24) is 19.7 Å². The number of aromatic nitrogens is 3. The van der Waals surface area contributed by atoms with Gasteiger partial charge in [0.15, 0.2) is 5.13 Å². The van der Waals surface area contributed by atoms with Crippen LogP contribution in [0.15, 0.2) is 16.9 Å². The molecule has 2 aromatic heterocycles. The van der Waals surface area contributed by atoms with Gasteiger partial charge in [-0.1, -0.05) is 27.2 Å². The average Bonchev–Trinajstić information content (AvgIpc) is 3.27. The first kappa shape index (κ1) is 20.5. The molecule has 2 aromatic rings. The molecule has 0 amide bonds. The summed E-state index contributed by atoms with van der Waals surface area (Å²) < 4.78 is 1.64. The fourth-order valence-corrected chi connectivity index (χ4v) is 5.35. The van der Waals surface area contributed by atoms with E-state index in [1.54, 1.807) is 10.7 Å². The van der Waals surface area contributed by atoms with E-state index in [0.29, 0.717) is 12.6 Å². The van der Waals surface area contributed by atoms with E-state index in [1.807, 2.05) is 17.4 Å². The molecule has 1 fully saturated rings. The molecule has 0 radical (unpaired) electrons. The maximum absolute atomic E-state index is 12.3. The zero-order chi connectivity index (χ0) is 20.4. The van der Waals surface area contributed by atoms with Crippen LogP contribution in [0, 0.1) is 0 Å². The fraction of sp³-hybridized carbons (Fsp3) is 0.682. The molecular formula is C22H33N5OS. The van der Waals surface area contributed by atoms with Gasteiger partial charge in [0.1, 0.15) is 0 Å². The van der Waals surface area contributed by atoms with Crippen LogP contribution in [-0.2, 0) is 24.8 Å². The predicted octanol–water partition coefficient (Wildman–Crippen LogP) is 3.45. The number of aryl methyl sites for hydroxylation is 2.